The first-order valence-electron chi connectivity index (χ1n) is 5.83. The molecule has 0 aliphatic carbocycles. The molecule has 1 rings (SSSR count). The van der Waals surface area contributed by atoms with E-state index in [4.69, 9.17) is 4.74 Å². The smallest absolute Gasteiger partial charge is 0.410 e. The van der Waals surface area contributed by atoms with Crippen molar-refractivity contribution < 1.29 is 9.53 Å². The Kier molecular flexibility index (Phi) is 4.68. The van der Waals surface area contributed by atoms with Crippen LogP contribution in [0.4, 0.5) is 4.79 Å². The van der Waals surface area contributed by atoms with Gasteiger partial charge in [0.05, 0.1) is 0 Å². The Morgan fingerprint density at radius 2 is 1.72 bits per heavy atom. The molecule has 0 bridgehead atoms. The lowest BCUT2D eigenvalue weighted by atomic mass is 10.1. The average molecular weight is 268 g/mol. The fraction of sp³-hybridized carbons (Fsp3) is 0.500. The standard InChI is InChI=1S/C14H22NO2S/c1-9-8-12(18(6)7)10(2)11(3)13(9)17-14(16)15(4)5/h8H,1-7H3/q+1. The number of ether oxygens (including phenoxy) is 1. The Morgan fingerprint density at radius 1 is 1.17 bits per heavy atom. The van der Waals surface area contributed by atoms with Gasteiger partial charge in [0.2, 0.25) is 0 Å². The van der Waals surface area contributed by atoms with Gasteiger partial charge >= 0.3 is 6.09 Å². The summed E-state index contributed by atoms with van der Waals surface area (Å²) < 4.78 is 5.44. The number of nitrogens with zero attached hydrogens (tertiary/aromatic N) is 1. The van der Waals surface area contributed by atoms with E-state index < -0.39 is 0 Å². The molecule has 0 aliphatic rings. The van der Waals surface area contributed by atoms with Crippen LogP contribution in [0.1, 0.15) is 16.7 Å². The van der Waals surface area contributed by atoms with Crippen molar-refractivity contribution in [2.75, 3.05) is 26.6 Å². The Morgan fingerprint density at radius 3 is 2.17 bits per heavy atom. The van der Waals surface area contributed by atoms with E-state index in [1.165, 1.54) is 15.4 Å². The zero-order chi connectivity index (χ0) is 14.0. The molecule has 0 unspecified atom stereocenters. The molecule has 0 atom stereocenters. The predicted octanol–water partition coefficient (Wildman–Crippen LogP) is 2.91. The molecule has 0 saturated heterocycles. The molecule has 1 aromatic carbocycles. The van der Waals surface area contributed by atoms with Crippen LogP contribution in [0.25, 0.3) is 0 Å². The number of hydrogen-bond acceptors (Lipinski definition) is 2. The van der Waals surface area contributed by atoms with Crippen molar-refractivity contribution in [2.45, 2.75) is 25.7 Å². The third-order valence-electron chi connectivity index (χ3n) is 2.97. The van der Waals surface area contributed by atoms with Crippen LogP contribution in [-0.2, 0) is 10.9 Å². The zero-order valence-electron chi connectivity index (χ0n) is 12.2. The Bertz CT molecular complexity index is 467. The van der Waals surface area contributed by atoms with E-state index in [1.807, 2.05) is 13.8 Å². The molecule has 3 nitrogen and oxygen atoms in total. The molecular weight excluding hydrogens is 246 g/mol. The number of rotatable bonds is 2. The third kappa shape index (κ3) is 2.99. The molecule has 0 saturated carbocycles. The summed E-state index contributed by atoms with van der Waals surface area (Å²) in [5.74, 6) is 0.695. The van der Waals surface area contributed by atoms with Crippen LogP contribution in [0.3, 0.4) is 0 Å². The largest absolute Gasteiger partial charge is 0.414 e. The maximum absolute atomic E-state index is 11.7. The molecule has 4 heteroatoms. The van der Waals surface area contributed by atoms with E-state index in [-0.39, 0.29) is 17.0 Å². The fourth-order valence-corrected chi connectivity index (χ4v) is 2.96. The summed E-state index contributed by atoms with van der Waals surface area (Å²) in [7, 11) is 3.58. The molecule has 0 spiro atoms. The van der Waals surface area contributed by atoms with Crippen molar-refractivity contribution in [3.8, 4) is 5.75 Å². The molecule has 0 aromatic heterocycles. The third-order valence-corrected chi connectivity index (χ3v) is 4.28. The van der Waals surface area contributed by atoms with Crippen LogP contribution in [0.15, 0.2) is 11.0 Å². The summed E-state index contributed by atoms with van der Waals surface area (Å²) in [6, 6.07) is 2.13. The number of amides is 1. The maximum Gasteiger partial charge on any atom is 0.414 e. The second-order valence-corrected chi connectivity index (χ2v) is 6.92. The highest BCUT2D eigenvalue weighted by Crippen LogP contribution is 2.31. The first kappa shape index (κ1) is 14.9. The minimum absolute atomic E-state index is 0.208. The maximum atomic E-state index is 11.7. The molecule has 100 valence electrons. The van der Waals surface area contributed by atoms with Gasteiger partial charge in [-0.3, -0.25) is 0 Å². The Balaban J connectivity index is 3.23. The first-order valence-corrected chi connectivity index (χ1v) is 7.87. The summed E-state index contributed by atoms with van der Waals surface area (Å²) in [6.07, 6.45) is 4.07. The number of benzene rings is 1. The lowest BCUT2D eigenvalue weighted by molar-refractivity contribution is 0.171. The Hall–Kier alpha value is -1.16. The number of carbonyl (C=O) groups is 1. The molecule has 0 radical (unpaired) electrons. The average Bonchev–Trinajstić information content (AvgIpc) is 2.28. The minimum atomic E-state index is -0.333. The van der Waals surface area contributed by atoms with E-state index in [0.717, 1.165) is 11.1 Å². The van der Waals surface area contributed by atoms with Gasteiger partial charge in [-0.2, -0.15) is 0 Å². The quantitative estimate of drug-likeness (QED) is 0.772. The Labute approximate surface area is 112 Å². The van der Waals surface area contributed by atoms with Gasteiger partial charge in [-0.1, -0.05) is 0 Å². The second-order valence-electron chi connectivity index (χ2n) is 4.85. The molecule has 1 amide bonds. The highest BCUT2D eigenvalue weighted by atomic mass is 32.2. The summed E-state index contributed by atoms with van der Waals surface area (Å²) in [5.41, 5.74) is 3.29. The van der Waals surface area contributed by atoms with Gasteiger partial charge in [-0.25, -0.2) is 4.79 Å². The van der Waals surface area contributed by atoms with E-state index in [9.17, 15) is 4.79 Å². The molecular formula is C14H22NO2S+. The molecule has 0 N–H and O–H groups in total. The van der Waals surface area contributed by atoms with Crippen LogP contribution < -0.4 is 4.74 Å². The zero-order valence-corrected chi connectivity index (χ0v) is 13.1. The lowest BCUT2D eigenvalue weighted by Gasteiger charge is -2.16. The van der Waals surface area contributed by atoms with Gasteiger partial charge in [0, 0.05) is 42.2 Å². The molecule has 0 fully saturated rings. The highest BCUT2D eigenvalue weighted by Gasteiger charge is 2.21. The van der Waals surface area contributed by atoms with E-state index in [0.29, 0.717) is 5.75 Å². The van der Waals surface area contributed by atoms with Crippen LogP contribution in [-0.4, -0.2) is 37.6 Å². The first-order chi connectivity index (χ1) is 8.25. The normalized spacial score (nSPS) is 10.7. The van der Waals surface area contributed by atoms with E-state index >= 15 is 0 Å². The van der Waals surface area contributed by atoms with Gasteiger partial charge in [-0.05, 0) is 26.3 Å². The van der Waals surface area contributed by atoms with Crippen LogP contribution in [0, 0.1) is 20.8 Å². The monoisotopic (exact) mass is 268 g/mol. The topological polar surface area (TPSA) is 29.5 Å². The summed E-state index contributed by atoms with van der Waals surface area (Å²) in [4.78, 5) is 14.4. The number of hydrogen-bond donors (Lipinski definition) is 0. The molecule has 0 aliphatic heterocycles. The molecule has 1 aromatic rings. The minimum Gasteiger partial charge on any atom is -0.410 e. The SMILES string of the molecule is Cc1cc([S+](C)C)c(C)c(C)c1OC(=O)N(C)C. The van der Waals surface area contributed by atoms with Gasteiger partial charge in [0.15, 0.2) is 4.90 Å². The van der Waals surface area contributed by atoms with Crippen molar-refractivity contribution in [2.24, 2.45) is 0 Å². The summed E-state index contributed by atoms with van der Waals surface area (Å²) >= 11 is 0. The van der Waals surface area contributed by atoms with Crippen molar-refractivity contribution in [3.63, 3.8) is 0 Å². The van der Waals surface area contributed by atoms with Gasteiger partial charge < -0.3 is 9.64 Å². The van der Waals surface area contributed by atoms with Crippen LogP contribution in [0.2, 0.25) is 0 Å². The molecule has 0 heterocycles. The summed E-state index contributed by atoms with van der Waals surface area (Å²) in [5, 5.41) is 0. The van der Waals surface area contributed by atoms with E-state index in [2.05, 4.69) is 25.5 Å². The summed E-state index contributed by atoms with van der Waals surface area (Å²) in [6.45, 7) is 6.09. The van der Waals surface area contributed by atoms with Gasteiger partial charge in [0.25, 0.3) is 0 Å². The number of aryl methyl sites for hydroxylation is 1. The molecule has 18 heavy (non-hydrogen) atoms. The van der Waals surface area contributed by atoms with Gasteiger partial charge in [-0.15, -0.1) is 0 Å². The lowest BCUT2D eigenvalue weighted by Crippen LogP contribution is -2.26. The fourth-order valence-electron chi connectivity index (χ4n) is 1.78. The highest BCUT2D eigenvalue weighted by molar-refractivity contribution is 7.95. The predicted molar refractivity (Wildman–Crippen MR) is 77.8 cm³/mol. The van der Waals surface area contributed by atoms with E-state index in [1.54, 1.807) is 14.1 Å². The van der Waals surface area contributed by atoms with Crippen LogP contribution in [0.5, 0.6) is 5.75 Å². The number of carbonyl (C=O) groups excluding carboxylic acids is 1. The van der Waals surface area contributed by atoms with Crippen molar-refractivity contribution in [1.82, 2.24) is 4.90 Å². The van der Waals surface area contributed by atoms with Crippen molar-refractivity contribution in [1.29, 1.82) is 0 Å². The second kappa shape index (κ2) is 5.65. The van der Waals surface area contributed by atoms with Crippen molar-refractivity contribution in [3.05, 3.63) is 22.8 Å². The van der Waals surface area contributed by atoms with Crippen molar-refractivity contribution >= 4 is 17.0 Å². The van der Waals surface area contributed by atoms with Crippen LogP contribution >= 0.6 is 0 Å². The van der Waals surface area contributed by atoms with Gasteiger partial charge in [0.1, 0.15) is 18.3 Å².